The fraction of sp³-hybridized carbons (Fsp3) is 0.417. The molecule has 1 aromatic rings. The van der Waals surface area contributed by atoms with Gasteiger partial charge in [-0.2, -0.15) is 13.2 Å². The summed E-state index contributed by atoms with van der Waals surface area (Å²) in [5.74, 6) is -1.07. The zero-order valence-electron chi connectivity index (χ0n) is 11.0. The predicted octanol–water partition coefficient (Wildman–Crippen LogP) is 3.66. The second-order valence-electron chi connectivity index (χ2n) is 4.26. The van der Waals surface area contributed by atoms with E-state index in [4.69, 9.17) is 11.6 Å². The second kappa shape index (κ2) is 6.75. The lowest BCUT2D eigenvalue weighted by atomic mass is 10.1. The molecule has 0 radical (unpaired) electrons. The lowest BCUT2D eigenvalue weighted by Gasteiger charge is -2.23. The Morgan fingerprint density at radius 3 is 2.52 bits per heavy atom. The lowest BCUT2D eigenvalue weighted by molar-refractivity contribution is -0.385. The molecule has 0 heterocycles. The second-order valence-corrected chi connectivity index (χ2v) is 4.70. The first-order chi connectivity index (χ1) is 9.65. The van der Waals surface area contributed by atoms with Crippen molar-refractivity contribution in [2.24, 2.45) is 0 Å². The number of hydrogen-bond acceptors (Lipinski definition) is 3. The van der Waals surface area contributed by atoms with Crippen molar-refractivity contribution in [2.45, 2.75) is 19.5 Å². The fourth-order valence-electron chi connectivity index (χ4n) is 1.75. The van der Waals surface area contributed by atoms with E-state index in [1.54, 1.807) is 6.92 Å². The van der Waals surface area contributed by atoms with Gasteiger partial charge in [-0.25, -0.2) is 0 Å². The number of carbonyl (C=O) groups is 1. The Morgan fingerprint density at radius 1 is 1.43 bits per heavy atom. The van der Waals surface area contributed by atoms with E-state index in [1.165, 1.54) is 6.07 Å². The van der Waals surface area contributed by atoms with Crippen molar-refractivity contribution in [1.82, 2.24) is 4.90 Å². The van der Waals surface area contributed by atoms with Crippen LogP contribution in [0.15, 0.2) is 18.2 Å². The monoisotopic (exact) mass is 324 g/mol. The highest BCUT2D eigenvalue weighted by atomic mass is 35.5. The number of nitro groups is 1. The SMILES string of the molecule is CCCN(CC(F)(F)F)C(=O)c1cc(Cl)ccc1[N+](=O)[O-]. The lowest BCUT2D eigenvalue weighted by Crippen LogP contribution is -2.39. The molecule has 9 heteroatoms. The van der Waals surface area contributed by atoms with Gasteiger partial charge in [-0.3, -0.25) is 14.9 Å². The molecule has 0 unspecified atom stereocenters. The molecular formula is C12H12ClF3N2O3. The van der Waals surface area contributed by atoms with Crippen LogP contribution in [-0.2, 0) is 0 Å². The van der Waals surface area contributed by atoms with Crippen molar-refractivity contribution in [1.29, 1.82) is 0 Å². The maximum Gasteiger partial charge on any atom is 0.406 e. The first-order valence-corrected chi connectivity index (χ1v) is 6.33. The summed E-state index contributed by atoms with van der Waals surface area (Å²) in [7, 11) is 0. The number of nitrogens with zero attached hydrogens (tertiary/aromatic N) is 2. The number of rotatable bonds is 5. The van der Waals surface area contributed by atoms with Gasteiger partial charge in [0.2, 0.25) is 0 Å². The summed E-state index contributed by atoms with van der Waals surface area (Å²) in [5, 5.41) is 10.9. The van der Waals surface area contributed by atoms with E-state index >= 15 is 0 Å². The molecule has 0 bridgehead atoms. The van der Waals surface area contributed by atoms with Crippen molar-refractivity contribution in [3.05, 3.63) is 38.9 Å². The molecule has 0 N–H and O–H groups in total. The van der Waals surface area contributed by atoms with E-state index in [-0.39, 0.29) is 18.0 Å². The van der Waals surface area contributed by atoms with Gasteiger partial charge in [0, 0.05) is 17.6 Å². The van der Waals surface area contributed by atoms with Crippen LogP contribution in [0, 0.1) is 10.1 Å². The predicted molar refractivity (Wildman–Crippen MR) is 70.4 cm³/mol. The smallest absolute Gasteiger partial charge is 0.329 e. The van der Waals surface area contributed by atoms with E-state index in [2.05, 4.69) is 0 Å². The Hall–Kier alpha value is -1.83. The molecule has 1 rings (SSSR count). The Balaban J connectivity index is 3.19. The Kier molecular flexibility index (Phi) is 5.54. The Labute approximate surface area is 123 Å². The van der Waals surface area contributed by atoms with Gasteiger partial charge in [0.05, 0.1) is 4.92 Å². The quantitative estimate of drug-likeness (QED) is 0.613. The first-order valence-electron chi connectivity index (χ1n) is 5.95. The average molecular weight is 325 g/mol. The molecule has 0 spiro atoms. The topological polar surface area (TPSA) is 63.5 Å². The van der Waals surface area contributed by atoms with Gasteiger partial charge in [0.1, 0.15) is 12.1 Å². The third kappa shape index (κ3) is 4.89. The normalized spacial score (nSPS) is 11.3. The third-order valence-electron chi connectivity index (χ3n) is 2.54. The van der Waals surface area contributed by atoms with Gasteiger partial charge in [0.25, 0.3) is 11.6 Å². The van der Waals surface area contributed by atoms with Crippen LogP contribution in [0.5, 0.6) is 0 Å². The van der Waals surface area contributed by atoms with Gasteiger partial charge in [-0.1, -0.05) is 18.5 Å². The molecule has 0 fully saturated rings. The van der Waals surface area contributed by atoms with Gasteiger partial charge in [-0.05, 0) is 18.6 Å². The minimum Gasteiger partial charge on any atom is -0.329 e. The molecule has 1 amide bonds. The molecular weight excluding hydrogens is 313 g/mol. The molecule has 5 nitrogen and oxygen atoms in total. The fourth-order valence-corrected chi connectivity index (χ4v) is 1.92. The molecule has 0 atom stereocenters. The minimum absolute atomic E-state index is 0.0346. The summed E-state index contributed by atoms with van der Waals surface area (Å²) < 4.78 is 37.5. The van der Waals surface area contributed by atoms with Crippen LogP contribution in [-0.4, -0.2) is 35.0 Å². The number of halogens is 4. The van der Waals surface area contributed by atoms with Crippen molar-refractivity contribution in [2.75, 3.05) is 13.1 Å². The number of amides is 1. The summed E-state index contributed by atoms with van der Waals surface area (Å²) in [6.45, 7) is -0.0333. The number of nitro benzene ring substituents is 1. The summed E-state index contributed by atoms with van der Waals surface area (Å²) >= 11 is 5.66. The summed E-state index contributed by atoms with van der Waals surface area (Å²) in [6, 6.07) is 3.19. The molecule has 0 saturated heterocycles. The van der Waals surface area contributed by atoms with E-state index in [1.807, 2.05) is 0 Å². The van der Waals surface area contributed by atoms with Crippen LogP contribution in [0.2, 0.25) is 5.02 Å². The molecule has 0 aliphatic rings. The summed E-state index contributed by atoms with van der Waals surface area (Å²) in [5.41, 5.74) is -1.03. The standard InChI is InChI=1S/C12H12ClF3N2O3/c1-2-5-17(7-12(14,15)16)11(19)9-6-8(13)3-4-10(9)18(20)21/h3-4,6H,2,5,7H2,1H3. The molecule has 0 aliphatic carbocycles. The third-order valence-corrected chi connectivity index (χ3v) is 2.77. The molecule has 0 saturated carbocycles. The van der Waals surface area contributed by atoms with Crippen LogP contribution >= 0.6 is 11.6 Å². The molecule has 1 aromatic carbocycles. The number of alkyl halides is 3. The molecule has 21 heavy (non-hydrogen) atoms. The van der Waals surface area contributed by atoms with Crippen LogP contribution in [0.25, 0.3) is 0 Å². The van der Waals surface area contributed by atoms with Crippen LogP contribution < -0.4 is 0 Å². The summed E-state index contributed by atoms with van der Waals surface area (Å²) in [6.07, 6.45) is -4.30. The highest BCUT2D eigenvalue weighted by Gasteiger charge is 2.34. The van der Waals surface area contributed by atoms with Crippen molar-refractivity contribution < 1.29 is 22.9 Å². The largest absolute Gasteiger partial charge is 0.406 e. The maximum absolute atomic E-state index is 12.5. The van der Waals surface area contributed by atoms with Crippen LogP contribution in [0.4, 0.5) is 18.9 Å². The van der Waals surface area contributed by atoms with E-state index in [0.29, 0.717) is 4.90 Å². The molecule has 0 aromatic heterocycles. The average Bonchev–Trinajstić information content (AvgIpc) is 2.35. The van der Waals surface area contributed by atoms with E-state index in [0.717, 1.165) is 12.1 Å². The van der Waals surface area contributed by atoms with Crippen molar-refractivity contribution >= 4 is 23.2 Å². The van der Waals surface area contributed by atoms with E-state index < -0.39 is 34.8 Å². The maximum atomic E-state index is 12.5. The Morgan fingerprint density at radius 2 is 2.05 bits per heavy atom. The zero-order valence-corrected chi connectivity index (χ0v) is 11.7. The van der Waals surface area contributed by atoms with Crippen LogP contribution in [0.1, 0.15) is 23.7 Å². The molecule has 0 aliphatic heterocycles. The van der Waals surface area contributed by atoms with E-state index in [9.17, 15) is 28.1 Å². The zero-order chi connectivity index (χ0) is 16.2. The Bertz CT molecular complexity index is 549. The highest BCUT2D eigenvalue weighted by molar-refractivity contribution is 6.31. The first kappa shape index (κ1) is 17.2. The number of carbonyl (C=O) groups excluding carboxylic acids is 1. The summed E-state index contributed by atoms with van der Waals surface area (Å²) in [4.78, 5) is 22.7. The van der Waals surface area contributed by atoms with Gasteiger partial charge >= 0.3 is 6.18 Å². The van der Waals surface area contributed by atoms with Crippen molar-refractivity contribution in [3.8, 4) is 0 Å². The van der Waals surface area contributed by atoms with Crippen LogP contribution in [0.3, 0.4) is 0 Å². The highest BCUT2D eigenvalue weighted by Crippen LogP contribution is 2.26. The molecule has 116 valence electrons. The number of hydrogen-bond donors (Lipinski definition) is 0. The minimum atomic E-state index is -4.59. The van der Waals surface area contributed by atoms with Gasteiger partial charge in [-0.15, -0.1) is 0 Å². The van der Waals surface area contributed by atoms with Gasteiger partial charge < -0.3 is 4.90 Å². The number of benzene rings is 1. The van der Waals surface area contributed by atoms with Gasteiger partial charge in [0.15, 0.2) is 0 Å². The van der Waals surface area contributed by atoms with Crippen molar-refractivity contribution in [3.63, 3.8) is 0 Å².